The lowest BCUT2D eigenvalue weighted by molar-refractivity contribution is 0.100. The van der Waals surface area contributed by atoms with E-state index in [1.807, 2.05) is 13.0 Å². The van der Waals surface area contributed by atoms with Crippen LogP contribution in [-0.4, -0.2) is 10.9 Å². The number of primary amides is 1. The van der Waals surface area contributed by atoms with Gasteiger partial charge in [0.15, 0.2) is 0 Å². The van der Waals surface area contributed by atoms with Crippen LogP contribution < -0.4 is 5.73 Å². The molecule has 0 aliphatic carbocycles. The van der Waals surface area contributed by atoms with Crippen molar-refractivity contribution in [3.05, 3.63) is 50.7 Å². The zero-order chi connectivity index (χ0) is 15.1. The molecular formula is C16H13ClN2OS. The number of benzene rings is 1. The Hall–Kier alpha value is -1.91. The highest BCUT2D eigenvalue weighted by Gasteiger charge is 2.14. The van der Waals surface area contributed by atoms with Gasteiger partial charge in [0, 0.05) is 25.7 Å². The molecule has 0 fully saturated rings. The van der Waals surface area contributed by atoms with Gasteiger partial charge in [-0.2, -0.15) is 0 Å². The number of halogens is 1. The fourth-order valence-corrected chi connectivity index (χ4v) is 3.53. The Morgan fingerprint density at radius 2 is 2.00 bits per heavy atom. The first-order chi connectivity index (χ1) is 9.95. The van der Waals surface area contributed by atoms with Crippen molar-refractivity contribution < 1.29 is 4.79 Å². The Morgan fingerprint density at radius 3 is 2.62 bits per heavy atom. The molecule has 3 nitrogen and oxygen atoms in total. The van der Waals surface area contributed by atoms with Crippen molar-refractivity contribution in [3.8, 4) is 11.3 Å². The molecule has 0 bridgehead atoms. The van der Waals surface area contributed by atoms with Gasteiger partial charge in [-0.1, -0.05) is 11.6 Å². The second kappa shape index (κ2) is 5.13. The normalized spacial score (nSPS) is 11.0. The number of carbonyl (C=O) groups excluding carboxylic acids is 1. The summed E-state index contributed by atoms with van der Waals surface area (Å²) in [6.07, 6.45) is 0. The lowest BCUT2D eigenvalue weighted by atomic mass is 10.0. The molecule has 0 unspecified atom stereocenters. The van der Waals surface area contributed by atoms with Crippen LogP contribution in [0.25, 0.3) is 22.2 Å². The Kier molecular flexibility index (Phi) is 3.43. The molecule has 0 spiro atoms. The molecule has 0 atom stereocenters. The molecule has 5 heteroatoms. The minimum Gasteiger partial charge on any atom is -0.366 e. The zero-order valence-corrected chi connectivity index (χ0v) is 13.2. The summed E-state index contributed by atoms with van der Waals surface area (Å²) in [4.78, 5) is 18.8. The predicted molar refractivity (Wildman–Crippen MR) is 88.1 cm³/mol. The number of fused-ring (bicyclic) bond motifs is 1. The molecular weight excluding hydrogens is 304 g/mol. The Bertz CT molecular complexity index is 870. The van der Waals surface area contributed by atoms with Gasteiger partial charge in [0.25, 0.3) is 0 Å². The molecule has 0 aliphatic heterocycles. The number of aromatic nitrogens is 1. The number of nitrogens with zero attached hydrogens (tertiary/aromatic N) is 1. The number of pyridine rings is 1. The van der Waals surface area contributed by atoms with E-state index in [1.165, 1.54) is 9.75 Å². The van der Waals surface area contributed by atoms with Crippen LogP contribution in [0.15, 0.2) is 30.3 Å². The molecule has 2 N–H and O–H groups in total. The molecule has 1 amide bonds. The molecule has 0 saturated heterocycles. The van der Waals surface area contributed by atoms with Crippen LogP contribution in [0.3, 0.4) is 0 Å². The third-order valence-corrected chi connectivity index (χ3v) is 4.55. The molecule has 21 heavy (non-hydrogen) atoms. The number of hydrogen-bond donors (Lipinski definition) is 1. The molecule has 0 saturated carbocycles. The smallest absolute Gasteiger partial charge is 0.249 e. The van der Waals surface area contributed by atoms with Crippen molar-refractivity contribution in [2.75, 3.05) is 0 Å². The first kappa shape index (κ1) is 14.0. The monoisotopic (exact) mass is 316 g/mol. The molecule has 3 aromatic rings. The number of hydrogen-bond acceptors (Lipinski definition) is 3. The number of rotatable bonds is 2. The van der Waals surface area contributed by atoms with E-state index in [0.29, 0.717) is 21.5 Å². The molecule has 2 aromatic heterocycles. The first-order valence-electron chi connectivity index (χ1n) is 6.43. The van der Waals surface area contributed by atoms with Crippen molar-refractivity contribution in [3.63, 3.8) is 0 Å². The maximum absolute atomic E-state index is 11.8. The summed E-state index contributed by atoms with van der Waals surface area (Å²) in [7, 11) is 0. The van der Waals surface area contributed by atoms with Gasteiger partial charge in [0.2, 0.25) is 5.91 Å². The average molecular weight is 317 g/mol. The fraction of sp³-hybridized carbons (Fsp3) is 0.125. The third kappa shape index (κ3) is 2.52. The minimum absolute atomic E-state index is 0.445. The maximum Gasteiger partial charge on any atom is 0.249 e. The van der Waals surface area contributed by atoms with Crippen molar-refractivity contribution in [2.24, 2.45) is 5.73 Å². The number of amides is 1. The molecule has 1 aromatic carbocycles. The lowest BCUT2D eigenvalue weighted by Gasteiger charge is -2.07. The van der Waals surface area contributed by atoms with Crippen LogP contribution in [-0.2, 0) is 0 Å². The number of thiophene rings is 1. The largest absolute Gasteiger partial charge is 0.366 e. The van der Waals surface area contributed by atoms with Crippen molar-refractivity contribution in [2.45, 2.75) is 13.8 Å². The highest BCUT2D eigenvalue weighted by atomic mass is 35.5. The SMILES string of the molecule is Cc1cc(-c2cc(C(N)=O)c3cc(Cl)ccc3n2)c(C)s1. The summed E-state index contributed by atoms with van der Waals surface area (Å²) in [6.45, 7) is 4.10. The second-order valence-electron chi connectivity index (χ2n) is 4.91. The summed E-state index contributed by atoms with van der Waals surface area (Å²) < 4.78 is 0. The molecule has 3 rings (SSSR count). The van der Waals surface area contributed by atoms with Gasteiger partial charge < -0.3 is 5.73 Å². The van der Waals surface area contributed by atoms with E-state index in [0.717, 1.165) is 11.3 Å². The van der Waals surface area contributed by atoms with Gasteiger partial charge in [0.05, 0.1) is 16.8 Å². The van der Waals surface area contributed by atoms with E-state index in [1.54, 1.807) is 29.5 Å². The maximum atomic E-state index is 11.8. The molecule has 0 aliphatic rings. The number of carbonyl (C=O) groups is 1. The molecule has 106 valence electrons. The van der Waals surface area contributed by atoms with Crippen LogP contribution in [0, 0.1) is 13.8 Å². The zero-order valence-electron chi connectivity index (χ0n) is 11.6. The standard InChI is InChI=1S/C16H13ClN2OS/c1-8-5-11(9(2)21-8)15-7-13(16(18)20)12-6-10(17)3-4-14(12)19-15/h3-7H,1-2H3,(H2,18,20). The molecule has 0 radical (unpaired) electrons. The van der Waals surface area contributed by atoms with Crippen molar-refractivity contribution >= 4 is 39.7 Å². The van der Waals surface area contributed by atoms with Gasteiger partial charge in [-0.25, -0.2) is 4.98 Å². The number of aryl methyl sites for hydroxylation is 2. The van der Waals surface area contributed by atoms with Crippen molar-refractivity contribution in [1.29, 1.82) is 0 Å². The highest BCUT2D eigenvalue weighted by Crippen LogP contribution is 2.32. The summed E-state index contributed by atoms with van der Waals surface area (Å²) >= 11 is 7.71. The van der Waals surface area contributed by atoms with Gasteiger partial charge >= 0.3 is 0 Å². The van der Waals surface area contributed by atoms with Crippen LogP contribution >= 0.6 is 22.9 Å². The molecule has 2 heterocycles. The van der Waals surface area contributed by atoms with Gasteiger partial charge in [-0.15, -0.1) is 11.3 Å². The van der Waals surface area contributed by atoms with Crippen molar-refractivity contribution in [1.82, 2.24) is 4.98 Å². The predicted octanol–water partition coefficient (Wildman–Crippen LogP) is 4.33. The van der Waals surface area contributed by atoms with Crippen LogP contribution in [0.5, 0.6) is 0 Å². The average Bonchev–Trinajstić information content (AvgIpc) is 2.76. The van der Waals surface area contributed by atoms with E-state index in [2.05, 4.69) is 18.0 Å². The van der Waals surface area contributed by atoms with E-state index in [-0.39, 0.29) is 0 Å². The van der Waals surface area contributed by atoms with E-state index >= 15 is 0 Å². The van der Waals surface area contributed by atoms with E-state index in [9.17, 15) is 4.79 Å². The van der Waals surface area contributed by atoms with Crippen LogP contribution in [0.2, 0.25) is 5.02 Å². The Balaban J connectivity index is 2.33. The summed E-state index contributed by atoms with van der Waals surface area (Å²) in [5, 5.41) is 1.24. The summed E-state index contributed by atoms with van der Waals surface area (Å²) in [6, 6.07) is 9.11. The lowest BCUT2D eigenvalue weighted by Crippen LogP contribution is -2.12. The summed E-state index contributed by atoms with van der Waals surface area (Å²) in [5.74, 6) is -0.476. The third-order valence-electron chi connectivity index (χ3n) is 3.35. The highest BCUT2D eigenvalue weighted by molar-refractivity contribution is 7.12. The number of nitrogens with two attached hydrogens (primary N) is 1. The van der Waals surface area contributed by atoms with Gasteiger partial charge in [-0.3, -0.25) is 4.79 Å². The van der Waals surface area contributed by atoms with Gasteiger partial charge in [-0.05, 0) is 44.2 Å². The Morgan fingerprint density at radius 1 is 1.24 bits per heavy atom. The first-order valence-corrected chi connectivity index (χ1v) is 7.62. The Labute approximate surface area is 131 Å². The summed E-state index contributed by atoms with van der Waals surface area (Å²) in [5.41, 5.74) is 8.48. The minimum atomic E-state index is -0.476. The van der Waals surface area contributed by atoms with Gasteiger partial charge in [0.1, 0.15) is 0 Å². The quantitative estimate of drug-likeness (QED) is 0.765. The topological polar surface area (TPSA) is 56.0 Å². The van der Waals surface area contributed by atoms with Crippen LogP contribution in [0.1, 0.15) is 20.1 Å². The van der Waals surface area contributed by atoms with Crippen LogP contribution in [0.4, 0.5) is 0 Å². The van der Waals surface area contributed by atoms with E-state index in [4.69, 9.17) is 17.3 Å². The van der Waals surface area contributed by atoms with E-state index < -0.39 is 5.91 Å². The second-order valence-corrected chi connectivity index (χ2v) is 6.80. The fourth-order valence-electron chi connectivity index (χ4n) is 2.42.